The molecule has 0 aliphatic heterocycles. The Morgan fingerprint density at radius 1 is 0.636 bits per heavy atom. The predicted molar refractivity (Wildman–Crippen MR) is 93.5 cm³/mol. The van der Waals surface area contributed by atoms with Gasteiger partial charge >= 0.3 is 0 Å². The molecule has 0 amide bonds. The van der Waals surface area contributed by atoms with Gasteiger partial charge in [0.25, 0.3) is 0 Å². The summed E-state index contributed by atoms with van der Waals surface area (Å²) in [6, 6.07) is 23.7. The van der Waals surface area contributed by atoms with Crippen molar-refractivity contribution in [3.63, 3.8) is 0 Å². The predicted octanol–water partition coefficient (Wildman–Crippen LogP) is 6.20. The van der Waals surface area contributed by atoms with E-state index in [1.807, 2.05) is 0 Å². The van der Waals surface area contributed by atoms with Crippen LogP contribution >= 0.6 is 0 Å². The van der Waals surface area contributed by atoms with Gasteiger partial charge in [-0.1, -0.05) is 42.5 Å². The minimum Gasteiger partial charge on any atom is -0.456 e. The summed E-state index contributed by atoms with van der Waals surface area (Å²) < 4.78 is 6.05. The molecule has 1 aromatic heterocycles. The fourth-order valence-corrected chi connectivity index (χ4v) is 3.40. The molecule has 0 unspecified atom stereocenters. The van der Waals surface area contributed by atoms with Gasteiger partial charge in [-0.3, -0.25) is 0 Å². The van der Waals surface area contributed by atoms with Gasteiger partial charge in [0.2, 0.25) is 0 Å². The maximum atomic E-state index is 6.05. The minimum atomic E-state index is 0.961. The molecular formula is C21H14O. The summed E-state index contributed by atoms with van der Waals surface area (Å²) in [6.07, 6.45) is 0. The van der Waals surface area contributed by atoms with Gasteiger partial charge < -0.3 is 4.42 Å². The van der Waals surface area contributed by atoms with Crippen molar-refractivity contribution in [3.05, 3.63) is 72.3 Å². The molecule has 104 valence electrons. The van der Waals surface area contributed by atoms with Crippen LogP contribution in [0.1, 0.15) is 5.56 Å². The van der Waals surface area contributed by atoms with Crippen LogP contribution in [0.25, 0.3) is 43.5 Å². The maximum Gasteiger partial charge on any atom is 0.136 e. The third kappa shape index (κ3) is 1.54. The van der Waals surface area contributed by atoms with Crippen LogP contribution in [0, 0.1) is 6.92 Å². The molecule has 0 atom stereocenters. The maximum absolute atomic E-state index is 6.05. The first-order chi connectivity index (χ1) is 10.8. The van der Waals surface area contributed by atoms with E-state index in [4.69, 9.17) is 4.42 Å². The van der Waals surface area contributed by atoms with Gasteiger partial charge in [-0.25, -0.2) is 0 Å². The van der Waals surface area contributed by atoms with Crippen LogP contribution in [0.15, 0.2) is 71.1 Å². The Bertz CT molecular complexity index is 1180. The molecule has 5 rings (SSSR count). The number of aryl methyl sites for hydroxylation is 1. The van der Waals surface area contributed by atoms with E-state index in [0.717, 1.165) is 11.2 Å². The summed E-state index contributed by atoms with van der Waals surface area (Å²) in [5, 5.41) is 7.48. The number of fused-ring (bicyclic) bond motifs is 6. The second kappa shape index (κ2) is 4.11. The van der Waals surface area contributed by atoms with E-state index < -0.39 is 0 Å². The highest BCUT2D eigenvalue weighted by Gasteiger charge is 2.11. The number of benzene rings is 4. The standard InChI is InChI=1S/C21H14O/c1-13-6-8-17-20(10-13)22-19-9-7-16-11-14-4-2-3-5-15(14)12-18(16)21(17)19/h2-12H,1H3. The lowest BCUT2D eigenvalue weighted by molar-refractivity contribution is 0.669. The van der Waals surface area contributed by atoms with E-state index in [1.54, 1.807) is 0 Å². The van der Waals surface area contributed by atoms with Crippen molar-refractivity contribution in [1.82, 2.24) is 0 Å². The SMILES string of the molecule is Cc1ccc2c(c1)oc1ccc3cc4ccccc4cc3c12. The van der Waals surface area contributed by atoms with Gasteiger partial charge in [-0.15, -0.1) is 0 Å². The third-order valence-electron chi connectivity index (χ3n) is 4.47. The smallest absolute Gasteiger partial charge is 0.136 e. The molecule has 1 heterocycles. The van der Waals surface area contributed by atoms with E-state index in [1.165, 1.54) is 37.9 Å². The molecule has 0 bridgehead atoms. The zero-order valence-electron chi connectivity index (χ0n) is 12.3. The fraction of sp³-hybridized carbons (Fsp3) is 0.0476. The molecule has 0 aliphatic carbocycles. The Balaban J connectivity index is 2.05. The largest absolute Gasteiger partial charge is 0.456 e. The van der Waals surface area contributed by atoms with Gasteiger partial charge in [0, 0.05) is 10.8 Å². The van der Waals surface area contributed by atoms with Crippen LogP contribution in [0.3, 0.4) is 0 Å². The molecule has 4 aromatic carbocycles. The molecule has 1 heteroatoms. The van der Waals surface area contributed by atoms with E-state index in [0.29, 0.717) is 0 Å². The number of hydrogen-bond acceptors (Lipinski definition) is 1. The average Bonchev–Trinajstić information content (AvgIpc) is 2.90. The Morgan fingerprint density at radius 3 is 2.32 bits per heavy atom. The van der Waals surface area contributed by atoms with Gasteiger partial charge in [-0.2, -0.15) is 0 Å². The van der Waals surface area contributed by atoms with E-state index in [2.05, 4.69) is 73.7 Å². The molecule has 0 spiro atoms. The zero-order valence-corrected chi connectivity index (χ0v) is 12.3. The third-order valence-corrected chi connectivity index (χ3v) is 4.47. The summed E-state index contributed by atoms with van der Waals surface area (Å²) in [5.41, 5.74) is 3.15. The summed E-state index contributed by atoms with van der Waals surface area (Å²) >= 11 is 0. The average molecular weight is 282 g/mol. The molecule has 0 N–H and O–H groups in total. The molecule has 0 saturated carbocycles. The number of rotatable bonds is 0. The molecule has 0 radical (unpaired) electrons. The van der Waals surface area contributed by atoms with E-state index in [9.17, 15) is 0 Å². The van der Waals surface area contributed by atoms with Crippen LogP contribution in [0.4, 0.5) is 0 Å². The van der Waals surface area contributed by atoms with Gasteiger partial charge in [0.15, 0.2) is 0 Å². The van der Waals surface area contributed by atoms with Gasteiger partial charge in [-0.05, 0) is 58.3 Å². The Morgan fingerprint density at radius 2 is 1.45 bits per heavy atom. The van der Waals surface area contributed by atoms with Crippen molar-refractivity contribution in [2.24, 2.45) is 0 Å². The fourth-order valence-electron chi connectivity index (χ4n) is 3.40. The van der Waals surface area contributed by atoms with Crippen LogP contribution in [-0.4, -0.2) is 0 Å². The molecule has 22 heavy (non-hydrogen) atoms. The minimum absolute atomic E-state index is 0.961. The van der Waals surface area contributed by atoms with Crippen molar-refractivity contribution in [2.45, 2.75) is 6.92 Å². The summed E-state index contributed by atoms with van der Waals surface area (Å²) in [7, 11) is 0. The topological polar surface area (TPSA) is 13.1 Å². The summed E-state index contributed by atoms with van der Waals surface area (Å²) in [6.45, 7) is 2.10. The molecule has 0 aliphatic rings. The van der Waals surface area contributed by atoms with Crippen molar-refractivity contribution < 1.29 is 4.42 Å². The molecule has 5 aromatic rings. The van der Waals surface area contributed by atoms with Gasteiger partial charge in [0.1, 0.15) is 11.2 Å². The number of hydrogen-bond donors (Lipinski definition) is 0. The first-order valence-electron chi connectivity index (χ1n) is 7.54. The second-order valence-electron chi connectivity index (χ2n) is 5.96. The summed E-state index contributed by atoms with van der Waals surface area (Å²) in [4.78, 5) is 0. The quantitative estimate of drug-likeness (QED) is 0.308. The Kier molecular flexibility index (Phi) is 2.21. The van der Waals surface area contributed by atoms with E-state index >= 15 is 0 Å². The van der Waals surface area contributed by atoms with Crippen LogP contribution in [-0.2, 0) is 0 Å². The van der Waals surface area contributed by atoms with Crippen molar-refractivity contribution in [1.29, 1.82) is 0 Å². The first-order valence-corrected chi connectivity index (χ1v) is 7.54. The molecular weight excluding hydrogens is 268 g/mol. The molecule has 1 nitrogen and oxygen atoms in total. The van der Waals surface area contributed by atoms with Crippen LogP contribution in [0.5, 0.6) is 0 Å². The summed E-state index contributed by atoms with van der Waals surface area (Å²) in [5.74, 6) is 0. The molecule has 0 saturated heterocycles. The van der Waals surface area contributed by atoms with Crippen LogP contribution in [0.2, 0.25) is 0 Å². The van der Waals surface area contributed by atoms with Crippen molar-refractivity contribution in [3.8, 4) is 0 Å². The monoisotopic (exact) mass is 282 g/mol. The Labute approximate surface area is 127 Å². The lowest BCUT2D eigenvalue weighted by Gasteiger charge is -2.03. The van der Waals surface area contributed by atoms with Crippen molar-refractivity contribution >= 4 is 43.5 Å². The first kappa shape index (κ1) is 11.8. The van der Waals surface area contributed by atoms with Gasteiger partial charge in [0.05, 0.1) is 0 Å². The highest BCUT2D eigenvalue weighted by Crippen LogP contribution is 2.36. The molecule has 0 fully saturated rings. The van der Waals surface area contributed by atoms with E-state index in [-0.39, 0.29) is 0 Å². The highest BCUT2D eigenvalue weighted by molar-refractivity contribution is 6.20. The lowest BCUT2D eigenvalue weighted by atomic mass is 9.99. The lowest BCUT2D eigenvalue weighted by Crippen LogP contribution is -1.78. The second-order valence-corrected chi connectivity index (χ2v) is 5.96. The Hall–Kier alpha value is -2.80. The normalized spacial score (nSPS) is 11.9. The van der Waals surface area contributed by atoms with Crippen molar-refractivity contribution in [2.75, 3.05) is 0 Å². The zero-order chi connectivity index (χ0) is 14.7. The highest BCUT2D eigenvalue weighted by atomic mass is 16.3. The number of furan rings is 1. The van der Waals surface area contributed by atoms with Crippen LogP contribution < -0.4 is 0 Å².